The van der Waals surface area contributed by atoms with Crippen LogP contribution in [-0.2, 0) is 19.2 Å². The van der Waals surface area contributed by atoms with Gasteiger partial charge in [-0.3, -0.25) is 14.4 Å². The quantitative estimate of drug-likeness (QED) is 0.363. The zero-order valence-electron chi connectivity index (χ0n) is 8.61. The number of carboxylic acid groups (broad SMARTS) is 4. The molecule has 0 radical (unpaired) electrons. The molecule has 0 aromatic carbocycles. The van der Waals surface area contributed by atoms with Crippen LogP contribution in [0.1, 0.15) is 6.42 Å². The summed E-state index contributed by atoms with van der Waals surface area (Å²) in [4.78, 5) is 42.6. The van der Waals surface area contributed by atoms with Crippen LogP contribution in [0.25, 0.3) is 0 Å². The zero-order chi connectivity index (χ0) is 14.7. The molecule has 0 aliphatic heterocycles. The molecule has 18 heavy (non-hydrogen) atoms. The Morgan fingerprint density at radius 3 is 1.67 bits per heavy atom. The van der Waals surface area contributed by atoms with Crippen molar-refractivity contribution in [2.75, 3.05) is 0 Å². The lowest BCUT2D eigenvalue weighted by molar-refractivity contribution is -0.173. The maximum Gasteiger partial charge on any atom is 0.352 e. The maximum absolute atomic E-state index is 10.8. The second-order valence-electron chi connectivity index (χ2n) is 3.34. The smallest absolute Gasteiger partial charge is 0.352 e. The number of alkyl halides is 1. The van der Waals surface area contributed by atoms with Gasteiger partial charge in [0.05, 0.1) is 12.3 Å². The lowest BCUT2D eigenvalue weighted by atomic mass is 9.84. The van der Waals surface area contributed by atoms with Crippen molar-refractivity contribution in [3.8, 4) is 0 Å². The molecule has 0 bridgehead atoms. The van der Waals surface area contributed by atoms with E-state index < -0.39 is 47.2 Å². The molecule has 0 aliphatic carbocycles. The summed E-state index contributed by atoms with van der Waals surface area (Å²) in [5, 5.41) is 40.3. The molecule has 9 nitrogen and oxygen atoms in total. The van der Waals surface area contributed by atoms with Crippen LogP contribution in [0, 0.1) is 11.8 Å². The van der Waals surface area contributed by atoms with Gasteiger partial charge in [0.2, 0.25) is 0 Å². The van der Waals surface area contributed by atoms with Gasteiger partial charge in [0.1, 0.15) is 5.92 Å². The minimum atomic E-state index is -3.43. The Bertz CT molecular complexity index is 388. The molecule has 0 fully saturated rings. The molecule has 0 aliphatic rings. The lowest BCUT2D eigenvalue weighted by Crippen LogP contribution is -2.50. The average Bonchev–Trinajstić information content (AvgIpc) is 2.14. The molecule has 0 amide bonds. The summed E-state index contributed by atoms with van der Waals surface area (Å²) in [6, 6.07) is 0. The van der Waals surface area contributed by atoms with Crippen LogP contribution in [0.5, 0.6) is 0 Å². The number of rotatable bonds is 7. The number of hydrogen-bond donors (Lipinski definition) is 5. The molecule has 0 aromatic heterocycles. The maximum atomic E-state index is 10.8. The first-order valence-electron chi connectivity index (χ1n) is 4.33. The van der Waals surface area contributed by atoms with E-state index in [1.165, 1.54) is 0 Å². The van der Waals surface area contributed by atoms with Crippen LogP contribution in [0.15, 0.2) is 0 Å². The molecule has 0 spiro atoms. The number of halogens is 1. The molecule has 10 heteroatoms. The number of aliphatic hydroxyl groups is 1. The van der Waals surface area contributed by atoms with Crippen molar-refractivity contribution < 1.29 is 44.7 Å². The molecular weight excluding hydrogens is 276 g/mol. The van der Waals surface area contributed by atoms with Gasteiger partial charge in [-0.15, -0.1) is 0 Å². The summed E-state index contributed by atoms with van der Waals surface area (Å²) >= 11 is 5.07. The van der Waals surface area contributed by atoms with Crippen molar-refractivity contribution in [3.63, 3.8) is 0 Å². The standard InChI is InChI=1S/C8H9ClO9/c9-8(18,7(16)17)4(6(14)15)2(5(12)13)1-3(10)11/h2,4,18H,1H2,(H,10,11)(H,12,13)(H,14,15)(H,16,17). The van der Waals surface area contributed by atoms with Crippen LogP contribution in [0.4, 0.5) is 0 Å². The number of carboxylic acids is 4. The van der Waals surface area contributed by atoms with Crippen LogP contribution in [-0.4, -0.2) is 54.5 Å². The van der Waals surface area contributed by atoms with Gasteiger partial charge in [0.15, 0.2) is 0 Å². The van der Waals surface area contributed by atoms with Gasteiger partial charge in [-0.1, -0.05) is 11.6 Å². The van der Waals surface area contributed by atoms with Crippen molar-refractivity contribution in [3.05, 3.63) is 0 Å². The fourth-order valence-corrected chi connectivity index (χ4v) is 1.52. The molecule has 0 saturated carbocycles. The van der Waals surface area contributed by atoms with Crippen LogP contribution in [0.2, 0.25) is 0 Å². The van der Waals surface area contributed by atoms with Gasteiger partial charge in [-0.05, 0) is 0 Å². The topological polar surface area (TPSA) is 169 Å². The fraction of sp³-hybridized carbons (Fsp3) is 0.500. The summed E-state index contributed by atoms with van der Waals surface area (Å²) in [5.74, 6) is -12.5. The molecule has 3 atom stereocenters. The molecular formula is C8H9ClO9. The van der Waals surface area contributed by atoms with Crippen molar-refractivity contribution in [1.82, 2.24) is 0 Å². The van der Waals surface area contributed by atoms with Crippen molar-refractivity contribution >= 4 is 35.5 Å². The normalized spacial score (nSPS) is 17.2. The third kappa shape index (κ3) is 3.57. The predicted molar refractivity (Wildman–Crippen MR) is 52.9 cm³/mol. The Kier molecular flexibility index (Phi) is 5.06. The van der Waals surface area contributed by atoms with Crippen molar-refractivity contribution in [1.29, 1.82) is 0 Å². The Labute approximate surface area is 104 Å². The van der Waals surface area contributed by atoms with Gasteiger partial charge in [-0.25, -0.2) is 4.79 Å². The van der Waals surface area contributed by atoms with E-state index in [-0.39, 0.29) is 0 Å². The van der Waals surface area contributed by atoms with E-state index in [1.807, 2.05) is 0 Å². The summed E-state index contributed by atoms with van der Waals surface area (Å²) in [6.45, 7) is 0. The summed E-state index contributed by atoms with van der Waals surface area (Å²) in [6.07, 6.45) is -1.20. The molecule has 0 heterocycles. The second kappa shape index (κ2) is 5.65. The highest BCUT2D eigenvalue weighted by molar-refractivity contribution is 6.33. The van der Waals surface area contributed by atoms with E-state index in [4.69, 9.17) is 32.0 Å². The fourth-order valence-electron chi connectivity index (χ4n) is 1.27. The largest absolute Gasteiger partial charge is 0.481 e. The summed E-state index contributed by atoms with van der Waals surface area (Å²) < 4.78 is 0. The van der Waals surface area contributed by atoms with E-state index in [0.717, 1.165) is 0 Å². The predicted octanol–water partition coefficient (Wildman–Crippen LogP) is -1.13. The summed E-state index contributed by atoms with van der Waals surface area (Å²) in [7, 11) is 0. The van der Waals surface area contributed by atoms with E-state index in [1.54, 1.807) is 0 Å². The van der Waals surface area contributed by atoms with Gasteiger partial charge in [-0.2, -0.15) is 0 Å². The van der Waals surface area contributed by atoms with E-state index in [2.05, 4.69) is 0 Å². The summed E-state index contributed by atoms with van der Waals surface area (Å²) in [5.41, 5.74) is 0. The molecule has 102 valence electrons. The molecule has 0 rings (SSSR count). The third-order valence-corrected chi connectivity index (χ3v) is 2.49. The second-order valence-corrected chi connectivity index (χ2v) is 3.91. The Morgan fingerprint density at radius 2 is 1.44 bits per heavy atom. The van der Waals surface area contributed by atoms with E-state index in [9.17, 15) is 24.3 Å². The Hall–Kier alpha value is -1.87. The monoisotopic (exact) mass is 284 g/mol. The minimum Gasteiger partial charge on any atom is -0.481 e. The highest BCUT2D eigenvalue weighted by Crippen LogP contribution is 2.32. The Morgan fingerprint density at radius 1 is 1.00 bits per heavy atom. The van der Waals surface area contributed by atoms with Gasteiger partial charge in [0, 0.05) is 0 Å². The average molecular weight is 285 g/mol. The van der Waals surface area contributed by atoms with Crippen LogP contribution in [0.3, 0.4) is 0 Å². The van der Waals surface area contributed by atoms with E-state index >= 15 is 0 Å². The SMILES string of the molecule is O=C(O)CC(C(=O)O)C(C(=O)O)C(O)(Cl)C(=O)O. The molecule has 0 saturated heterocycles. The number of hydrogen-bond acceptors (Lipinski definition) is 5. The van der Waals surface area contributed by atoms with Gasteiger partial charge in [0.25, 0.3) is 5.06 Å². The molecule has 0 aromatic rings. The molecule has 5 N–H and O–H groups in total. The minimum absolute atomic E-state index is 1.20. The Balaban J connectivity index is 5.56. The lowest BCUT2D eigenvalue weighted by Gasteiger charge is -2.27. The third-order valence-electron chi connectivity index (χ3n) is 2.09. The zero-order valence-corrected chi connectivity index (χ0v) is 9.36. The first-order chi connectivity index (χ1) is 8.01. The first kappa shape index (κ1) is 16.1. The molecule has 3 unspecified atom stereocenters. The van der Waals surface area contributed by atoms with Crippen molar-refractivity contribution in [2.45, 2.75) is 11.5 Å². The van der Waals surface area contributed by atoms with Gasteiger partial charge >= 0.3 is 23.9 Å². The van der Waals surface area contributed by atoms with Crippen molar-refractivity contribution in [2.24, 2.45) is 11.8 Å². The number of carbonyl (C=O) groups is 4. The number of aliphatic carboxylic acids is 4. The van der Waals surface area contributed by atoms with E-state index in [0.29, 0.717) is 0 Å². The highest BCUT2D eigenvalue weighted by Gasteiger charge is 2.53. The van der Waals surface area contributed by atoms with Crippen LogP contribution < -0.4 is 0 Å². The van der Waals surface area contributed by atoms with Gasteiger partial charge < -0.3 is 25.5 Å². The first-order valence-corrected chi connectivity index (χ1v) is 4.71. The van der Waals surface area contributed by atoms with Crippen LogP contribution >= 0.6 is 11.6 Å². The highest BCUT2D eigenvalue weighted by atomic mass is 35.5.